The van der Waals surface area contributed by atoms with Gasteiger partial charge in [-0.05, 0) is 30.0 Å². The summed E-state index contributed by atoms with van der Waals surface area (Å²) >= 11 is 0. The van der Waals surface area contributed by atoms with Gasteiger partial charge in [0.05, 0.1) is 18.2 Å². The van der Waals surface area contributed by atoms with Crippen LogP contribution in [0, 0.1) is 0 Å². The van der Waals surface area contributed by atoms with Crippen molar-refractivity contribution in [2.75, 3.05) is 13.7 Å². The first-order valence-electron chi connectivity index (χ1n) is 11.7. The van der Waals surface area contributed by atoms with Crippen LogP contribution in [-0.2, 0) is 9.57 Å². The van der Waals surface area contributed by atoms with Crippen molar-refractivity contribution in [3.63, 3.8) is 0 Å². The fraction of sp³-hybridized carbons (Fsp3) is 0.214. The average Bonchev–Trinajstić information content (AvgIpc) is 2.95. The van der Waals surface area contributed by atoms with E-state index in [-0.39, 0.29) is 5.56 Å². The van der Waals surface area contributed by atoms with E-state index in [1.807, 2.05) is 36.4 Å². The minimum absolute atomic E-state index is 0.287. The molecule has 8 nitrogen and oxygen atoms in total. The Kier molecular flexibility index (Phi) is 6.97. The van der Waals surface area contributed by atoms with Crippen molar-refractivity contribution < 1.29 is 23.9 Å². The molecule has 5 rings (SSSR count). The molecular formula is C28H25N3O5. The third-order valence-corrected chi connectivity index (χ3v) is 6.13. The van der Waals surface area contributed by atoms with Crippen molar-refractivity contribution in [1.82, 2.24) is 15.4 Å². The highest BCUT2D eigenvalue weighted by Crippen LogP contribution is 2.36. The summed E-state index contributed by atoms with van der Waals surface area (Å²) in [5, 5.41) is 0.552. The van der Waals surface area contributed by atoms with Crippen molar-refractivity contribution in [2.24, 2.45) is 0 Å². The molecule has 0 spiro atoms. The number of methoxy groups -OCH3 is 1. The lowest BCUT2D eigenvalue weighted by atomic mass is 9.99. The largest absolute Gasteiger partial charge is 0.494 e. The number of carbonyl (C=O) groups excluding carboxylic acids is 2. The van der Waals surface area contributed by atoms with Crippen LogP contribution in [0.25, 0.3) is 33.3 Å². The molecule has 0 aliphatic carbocycles. The van der Waals surface area contributed by atoms with Crippen LogP contribution in [0.2, 0.25) is 0 Å². The fourth-order valence-corrected chi connectivity index (χ4v) is 4.26. The molecule has 2 aromatic carbocycles. The molecule has 8 heteroatoms. The van der Waals surface area contributed by atoms with Crippen LogP contribution in [-0.4, -0.2) is 42.2 Å². The Labute approximate surface area is 208 Å². The monoisotopic (exact) mass is 483 g/mol. The predicted molar refractivity (Wildman–Crippen MR) is 134 cm³/mol. The highest BCUT2D eigenvalue weighted by atomic mass is 16.8. The topological polar surface area (TPSA) is 99.6 Å². The Hall–Kier alpha value is -4.14. The van der Waals surface area contributed by atoms with Gasteiger partial charge in [-0.3, -0.25) is 14.6 Å². The van der Waals surface area contributed by atoms with E-state index < -0.39 is 12.2 Å². The summed E-state index contributed by atoms with van der Waals surface area (Å²) in [5.74, 6) is -0.140. The first-order chi connectivity index (χ1) is 17.7. The van der Waals surface area contributed by atoms with Crippen LogP contribution in [0.4, 0.5) is 0 Å². The summed E-state index contributed by atoms with van der Waals surface area (Å²) in [6.45, 7) is 0.605. The molecule has 1 fully saturated rings. The second-order valence-corrected chi connectivity index (χ2v) is 8.42. The molecule has 3 heterocycles. The van der Waals surface area contributed by atoms with Crippen molar-refractivity contribution in [3.05, 3.63) is 78.1 Å². The number of fused-ring (bicyclic) bond motifs is 1. The van der Waals surface area contributed by atoms with Gasteiger partial charge in [-0.2, -0.15) is 0 Å². The molecule has 1 atom stereocenters. The van der Waals surface area contributed by atoms with Gasteiger partial charge in [0.15, 0.2) is 12.0 Å². The summed E-state index contributed by atoms with van der Waals surface area (Å²) in [7, 11) is 1.51. The highest BCUT2D eigenvalue weighted by molar-refractivity contribution is 6.09. The van der Waals surface area contributed by atoms with Gasteiger partial charge in [0.25, 0.3) is 5.91 Å². The fourth-order valence-electron chi connectivity index (χ4n) is 4.26. The quantitative estimate of drug-likeness (QED) is 0.293. The Morgan fingerprint density at radius 3 is 2.42 bits per heavy atom. The maximum atomic E-state index is 13.3. The number of ether oxygens (including phenoxy) is 2. The molecule has 36 heavy (non-hydrogen) atoms. The van der Waals surface area contributed by atoms with Crippen molar-refractivity contribution >= 4 is 23.1 Å². The normalized spacial score (nSPS) is 15.4. The molecule has 2 aromatic heterocycles. The van der Waals surface area contributed by atoms with Gasteiger partial charge < -0.3 is 9.47 Å². The van der Waals surface area contributed by atoms with Gasteiger partial charge in [0, 0.05) is 41.9 Å². The molecule has 0 radical (unpaired) electrons. The molecule has 182 valence electrons. The number of pyridine rings is 2. The highest BCUT2D eigenvalue weighted by Gasteiger charge is 2.24. The zero-order valence-corrected chi connectivity index (χ0v) is 19.8. The number of rotatable bonds is 7. The van der Waals surface area contributed by atoms with E-state index >= 15 is 0 Å². The minimum atomic E-state index is -0.479. The molecule has 1 N–H and O–H groups in total. The van der Waals surface area contributed by atoms with E-state index in [0.717, 1.165) is 35.8 Å². The van der Waals surface area contributed by atoms with Gasteiger partial charge >= 0.3 is 0 Å². The smallest absolute Gasteiger partial charge is 0.279 e. The lowest BCUT2D eigenvalue weighted by molar-refractivity contribution is -0.186. The van der Waals surface area contributed by atoms with Gasteiger partial charge in [0.1, 0.15) is 12.0 Å². The number of hydroxylamine groups is 1. The third kappa shape index (κ3) is 4.82. The van der Waals surface area contributed by atoms with Crippen LogP contribution in [0.1, 0.15) is 40.0 Å². The second kappa shape index (κ2) is 10.6. The number of aromatic nitrogens is 2. The van der Waals surface area contributed by atoms with Crippen LogP contribution in [0.5, 0.6) is 5.75 Å². The van der Waals surface area contributed by atoms with Gasteiger partial charge in [0.2, 0.25) is 0 Å². The molecule has 4 aromatic rings. The number of amides is 1. The molecule has 1 aliphatic rings. The number of hydrogen-bond acceptors (Lipinski definition) is 7. The van der Waals surface area contributed by atoms with E-state index in [2.05, 4.69) is 10.5 Å². The maximum Gasteiger partial charge on any atom is 0.279 e. The van der Waals surface area contributed by atoms with Crippen LogP contribution in [0.15, 0.2) is 67.0 Å². The predicted octanol–water partition coefficient (Wildman–Crippen LogP) is 4.97. The van der Waals surface area contributed by atoms with E-state index in [4.69, 9.17) is 19.3 Å². The zero-order chi connectivity index (χ0) is 24.9. The Bertz CT molecular complexity index is 1380. The van der Waals surface area contributed by atoms with Gasteiger partial charge in [-0.25, -0.2) is 15.3 Å². The first-order valence-corrected chi connectivity index (χ1v) is 11.7. The number of nitrogens with zero attached hydrogens (tertiary/aromatic N) is 2. The maximum absolute atomic E-state index is 13.3. The average molecular weight is 484 g/mol. The Morgan fingerprint density at radius 1 is 1.03 bits per heavy atom. The number of benzene rings is 2. The standard InChI is InChI=1S/C28H25N3O5/c1-34-27-25(28(33)31-36-24-4-2-3-15-35-24)22-16-29-14-13-23(22)30-26(27)21-11-9-20(10-12-21)19-7-5-18(17-32)6-8-19/h5-14,16-17,24H,2-4,15H2,1H3,(H,31,33). The van der Waals surface area contributed by atoms with Gasteiger partial charge in [-0.15, -0.1) is 0 Å². The van der Waals surface area contributed by atoms with E-state index in [9.17, 15) is 9.59 Å². The van der Waals surface area contributed by atoms with Crippen molar-refractivity contribution in [2.45, 2.75) is 25.6 Å². The van der Waals surface area contributed by atoms with Crippen molar-refractivity contribution in [3.8, 4) is 28.1 Å². The molecular weight excluding hydrogens is 458 g/mol. The summed E-state index contributed by atoms with van der Waals surface area (Å²) in [5.41, 5.74) is 7.32. The van der Waals surface area contributed by atoms with E-state index in [0.29, 0.717) is 40.9 Å². The number of carbonyl (C=O) groups is 2. The summed E-state index contributed by atoms with van der Waals surface area (Å²) in [6.07, 6.45) is 6.24. The lowest BCUT2D eigenvalue weighted by Crippen LogP contribution is -2.33. The van der Waals surface area contributed by atoms with Crippen LogP contribution >= 0.6 is 0 Å². The Morgan fingerprint density at radius 2 is 1.75 bits per heavy atom. The number of hydrogen-bond donors (Lipinski definition) is 1. The Balaban J connectivity index is 1.51. The second-order valence-electron chi connectivity index (χ2n) is 8.42. The van der Waals surface area contributed by atoms with Gasteiger partial charge in [-0.1, -0.05) is 48.5 Å². The molecule has 0 bridgehead atoms. The molecule has 0 saturated carbocycles. The zero-order valence-electron chi connectivity index (χ0n) is 19.8. The van der Waals surface area contributed by atoms with Crippen molar-refractivity contribution in [1.29, 1.82) is 0 Å². The molecule has 1 aliphatic heterocycles. The molecule has 1 amide bonds. The minimum Gasteiger partial charge on any atom is -0.494 e. The lowest BCUT2D eigenvalue weighted by Gasteiger charge is -2.22. The van der Waals surface area contributed by atoms with E-state index in [1.54, 1.807) is 30.6 Å². The number of nitrogens with one attached hydrogen (secondary N) is 1. The summed E-state index contributed by atoms with van der Waals surface area (Å²) in [6, 6.07) is 16.9. The first kappa shape index (κ1) is 23.6. The summed E-state index contributed by atoms with van der Waals surface area (Å²) < 4.78 is 11.3. The van der Waals surface area contributed by atoms with Crippen LogP contribution < -0.4 is 10.2 Å². The molecule has 1 saturated heterocycles. The molecule has 1 unspecified atom stereocenters. The van der Waals surface area contributed by atoms with E-state index in [1.165, 1.54) is 7.11 Å². The number of aldehydes is 1. The van der Waals surface area contributed by atoms with Crippen LogP contribution in [0.3, 0.4) is 0 Å². The SMILES string of the molecule is COc1c(-c2ccc(-c3ccc(C=O)cc3)cc2)nc2ccncc2c1C(=O)NOC1CCCCO1. The third-order valence-electron chi connectivity index (χ3n) is 6.13. The summed E-state index contributed by atoms with van der Waals surface area (Å²) in [4.78, 5) is 38.7.